The Kier molecular flexibility index (Phi) is 5.66. The third kappa shape index (κ3) is 4.84. The van der Waals surface area contributed by atoms with Gasteiger partial charge in [-0.3, -0.25) is 0 Å². The SMILES string of the molecule is O=C(NCc1ccccc1)NC(CCO)C(=O)O. The number of urea groups is 1. The maximum Gasteiger partial charge on any atom is 0.326 e. The van der Waals surface area contributed by atoms with Gasteiger partial charge in [0.2, 0.25) is 0 Å². The summed E-state index contributed by atoms with van der Waals surface area (Å²) >= 11 is 0. The largest absolute Gasteiger partial charge is 0.480 e. The van der Waals surface area contributed by atoms with Gasteiger partial charge in [-0.2, -0.15) is 0 Å². The van der Waals surface area contributed by atoms with E-state index in [4.69, 9.17) is 10.2 Å². The molecule has 0 aliphatic rings. The number of hydrogen-bond donors (Lipinski definition) is 4. The fraction of sp³-hybridized carbons (Fsp3) is 0.333. The van der Waals surface area contributed by atoms with E-state index in [1.165, 1.54) is 0 Å². The van der Waals surface area contributed by atoms with Gasteiger partial charge >= 0.3 is 12.0 Å². The van der Waals surface area contributed by atoms with Crippen LogP contribution in [-0.2, 0) is 11.3 Å². The number of amides is 2. The zero-order valence-corrected chi connectivity index (χ0v) is 9.80. The highest BCUT2D eigenvalue weighted by Gasteiger charge is 2.18. The topological polar surface area (TPSA) is 98.7 Å². The summed E-state index contributed by atoms with van der Waals surface area (Å²) in [5.74, 6) is -1.17. The molecule has 0 aliphatic heterocycles. The van der Waals surface area contributed by atoms with Crippen LogP contribution in [0.4, 0.5) is 4.79 Å². The first-order valence-electron chi connectivity index (χ1n) is 5.55. The van der Waals surface area contributed by atoms with Crippen molar-refractivity contribution in [2.75, 3.05) is 6.61 Å². The number of nitrogens with one attached hydrogen (secondary N) is 2. The highest BCUT2D eigenvalue weighted by Crippen LogP contribution is 1.97. The van der Waals surface area contributed by atoms with E-state index in [0.717, 1.165) is 5.56 Å². The number of aliphatic hydroxyl groups excluding tert-OH is 1. The van der Waals surface area contributed by atoms with Crippen molar-refractivity contribution in [1.29, 1.82) is 0 Å². The fourth-order valence-electron chi connectivity index (χ4n) is 1.37. The third-order valence-corrected chi connectivity index (χ3v) is 2.32. The van der Waals surface area contributed by atoms with Crippen molar-refractivity contribution in [1.82, 2.24) is 10.6 Å². The lowest BCUT2D eigenvalue weighted by atomic mass is 10.2. The second-order valence-corrected chi connectivity index (χ2v) is 3.72. The molecule has 0 aliphatic carbocycles. The number of rotatable bonds is 6. The molecule has 1 aromatic rings. The van der Waals surface area contributed by atoms with Crippen molar-refractivity contribution in [3.63, 3.8) is 0 Å². The van der Waals surface area contributed by atoms with E-state index >= 15 is 0 Å². The molecule has 1 aromatic carbocycles. The number of carboxylic acid groups (broad SMARTS) is 1. The van der Waals surface area contributed by atoms with Gasteiger partial charge in [0.05, 0.1) is 0 Å². The molecule has 18 heavy (non-hydrogen) atoms. The smallest absolute Gasteiger partial charge is 0.326 e. The lowest BCUT2D eigenvalue weighted by Crippen LogP contribution is -2.46. The fourth-order valence-corrected chi connectivity index (χ4v) is 1.37. The Balaban J connectivity index is 2.39. The molecule has 1 rings (SSSR count). The first kappa shape index (κ1) is 14.0. The van der Waals surface area contributed by atoms with Crippen molar-refractivity contribution in [2.24, 2.45) is 0 Å². The quantitative estimate of drug-likeness (QED) is 0.586. The van der Waals surface area contributed by atoms with E-state index in [9.17, 15) is 9.59 Å². The number of carbonyl (C=O) groups excluding carboxylic acids is 1. The predicted molar refractivity (Wildman–Crippen MR) is 64.9 cm³/mol. The summed E-state index contributed by atoms with van der Waals surface area (Å²) in [5, 5.41) is 22.3. The van der Waals surface area contributed by atoms with Crippen molar-refractivity contribution in [2.45, 2.75) is 19.0 Å². The highest BCUT2D eigenvalue weighted by atomic mass is 16.4. The van der Waals surface area contributed by atoms with Crippen LogP contribution in [0.3, 0.4) is 0 Å². The summed E-state index contributed by atoms with van der Waals surface area (Å²) in [5.41, 5.74) is 0.918. The maximum absolute atomic E-state index is 11.4. The lowest BCUT2D eigenvalue weighted by Gasteiger charge is -2.13. The van der Waals surface area contributed by atoms with Gasteiger partial charge in [0.15, 0.2) is 0 Å². The van der Waals surface area contributed by atoms with Crippen molar-refractivity contribution in [3.05, 3.63) is 35.9 Å². The van der Waals surface area contributed by atoms with Crippen LogP contribution in [0.5, 0.6) is 0 Å². The Morgan fingerprint density at radius 2 is 1.89 bits per heavy atom. The Bertz CT molecular complexity index is 394. The highest BCUT2D eigenvalue weighted by molar-refractivity contribution is 5.82. The Hall–Kier alpha value is -2.08. The van der Waals surface area contributed by atoms with Crippen LogP contribution in [0, 0.1) is 0 Å². The minimum absolute atomic E-state index is 0.0198. The Morgan fingerprint density at radius 3 is 2.44 bits per heavy atom. The maximum atomic E-state index is 11.4. The average molecular weight is 252 g/mol. The number of benzene rings is 1. The summed E-state index contributed by atoms with van der Waals surface area (Å²) in [6, 6.07) is 7.61. The second kappa shape index (κ2) is 7.29. The minimum atomic E-state index is -1.17. The van der Waals surface area contributed by atoms with E-state index in [2.05, 4.69) is 10.6 Å². The Morgan fingerprint density at radius 1 is 1.22 bits per heavy atom. The van der Waals surface area contributed by atoms with Gasteiger partial charge in [0.25, 0.3) is 0 Å². The molecule has 1 unspecified atom stereocenters. The van der Waals surface area contributed by atoms with E-state index < -0.39 is 18.0 Å². The molecule has 6 heteroatoms. The third-order valence-electron chi connectivity index (χ3n) is 2.32. The van der Waals surface area contributed by atoms with Gasteiger partial charge in [-0.05, 0) is 5.56 Å². The average Bonchev–Trinajstić information content (AvgIpc) is 2.37. The molecule has 0 saturated carbocycles. The summed E-state index contributed by atoms with van der Waals surface area (Å²) in [6.45, 7) is 0.0219. The predicted octanol–water partition coefficient (Wildman–Crippen LogP) is 0.321. The molecule has 4 N–H and O–H groups in total. The van der Waals surface area contributed by atoms with Gasteiger partial charge in [-0.25, -0.2) is 9.59 Å². The number of aliphatic hydroxyl groups is 1. The molecule has 0 saturated heterocycles. The lowest BCUT2D eigenvalue weighted by molar-refractivity contribution is -0.139. The number of carbonyl (C=O) groups is 2. The number of carboxylic acids is 1. The van der Waals surface area contributed by atoms with E-state index in [0.29, 0.717) is 6.54 Å². The van der Waals surface area contributed by atoms with Crippen LogP contribution in [0.25, 0.3) is 0 Å². The Labute approximate surface area is 105 Å². The molecule has 0 spiro atoms. The summed E-state index contributed by atoms with van der Waals surface area (Å²) in [4.78, 5) is 22.2. The number of hydrogen-bond acceptors (Lipinski definition) is 3. The first-order valence-corrected chi connectivity index (χ1v) is 5.55. The van der Waals surface area contributed by atoms with E-state index in [1.54, 1.807) is 0 Å². The summed E-state index contributed by atoms with van der Waals surface area (Å²) < 4.78 is 0. The summed E-state index contributed by atoms with van der Waals surface area (Å²) in [7, 11) is 0. The minimum Gasteiger partial charge on any atom is -0.480 e. The zero-order valence-electron chi connectivity index (χ0n) is 9.80. The number of aliphatic carboxylic acids is 1. The van der Waals surface area contributed by atoms with Gasteiger partial charge < -0.3 is 20.8 Å². The molecule has 0 heterocycles. The normalized spacial score (nSPS) is 11.6. The monoisotopic (exact) mass is 252 g/mol. The molecular weight excluding hydrogens is 236 g/mol. The zero-order chi connectivity index (χ0) is 13.4. The van der Waals surface area contributed by atoms with Crippen molar-refractivity contribution < 1.29 is 19.8 Å². The molecule has 0 bridgehead atoms. The van der Waals surface area contributed by atoms with E-state index in [1.807, 2.05) is 30.3 Å². The van der Waals surface area contributed by atoms with Gasteiger partial charge in [0.1, 0.15) is 6.04 Å². The van der Waals surface area contributed by atoms with Crippen molar-refractivity contribution >= 4 is 12.0 Å². The second-order valence-electron chi connectivity index (χ2n) is 3.72. The van der Waals surface area contributed by atoms with Crippen LogP contribution in [0.15, 0.2) is 30.3 Å². The van der Waals surface area contributed by atoms with Gasteiger partial charge in [-0.15, -0.1) is 0 Å². The molecule has 0 fully saturated rings. The van der Waals surface area contributed by atoms with Crippen LogP contribution < -0.4 is 10.6 Å². The van der Waals surface area contributed by atoms with Crippen LogP contribution in [0.2, 0.25) is 0 Å². The summed E-state index contributed by atoms with van der Waals surface area (Å²) in [6.07, 6.45) is -0.0198. The first-order chi connectivity index (χ1) is 8.63. The molecule has 0 radical (unpaired) electrons. The van der Waals surface area contributed by atoms with Gasteiger partial charge in [-0.1, -0.05) is 30.3 Å². The standard InChI is InChI=1S/C12H16N2O4/c15-7-6-10(11(16)17)14-12(18)13-8-9-4-2-1-3-5-9/h1-5,10,15H,6-8H2,(H,16,17)(H2,13,14,18). The molecule has 6 nitrogen and oxygen atoms in total. The van der Waals surface area contributed by atoms with Gasteiger partial charge in [0, 0.05) is 19.6 Å². The molecular formula is C12H16N2O4. The van der Waals surface area contributed by atoms with Crippen LogP contribution in [0.1, 0.15) is 12.0 Å². The molecule has 0 aromatic heterocycles. The van der Waals surface area contributed by atoms with Crippen LogP contribution in [-0.4, -0.2) is 34.9 Å². The van der Waals surface area contributed by atoms with Crippen molar-refractivity contribution in [3.8, 4) is 0 Å². The molecule has 2 amide bonds. The molecule has 98 valence electrons. The molecule has 1 atom stereocenters. The van der Waals surface area contributed by atoms with E-state index in [-0.39, 0.29) is 13.0 Å². The van der Waals surface area contributed by atoms with Crippen LogP contribution >= 0.6 is 0 Å².